The summed E-state index contributed by atoms with van der Waals surface area (Å²) in [5.74, 6) is 0. The number of aliphatic hydroxyl groups excluding tert-OH is 18. The van der Waals surface area contributed by atoms with E-state index < -0.39 is 250 Å². The van der Waals surface area contributed by atoms with Crippen LogP contribution in [0, 0.1) is 0 Å². The van der Waals surface area contributed by atoms with Crippen LogP contribution in [0.25, 0.3) is 0 Å². The van der Waals surface area contributed by atoms with Crippen LogP contribution in [0.3, 0.4) is 0 Å². The van der Waals surface area contributed by atoms with Crippen molar-refractivity contribution in [1.82, 2.24) is 0 Å². The standard InChI is InChI=1S/C40H66O33/c41-1-10-18(46)26(54)37(64-10)71-30-15(7-62-36(29(30)57)68-14-6-61-35(25(53)22(14)50)67-13-5-59-33(58)23(51)21(13)49)70-40-32(73-39-28(56)20(48)12(3-43)66-39)31(72-38-27(55)19(47)11(2-42)65-38)16(8-63-40)69-34-24(52)17(45)9(44)4-60-34/h9-58H,1-8H2/t9-,10-,11-,12-,13-,14-,15-,16-,17+,18-,19-,20-,21+,22+,23-,24-,25-,26+,27+,28+,29-,30+,31+,32-,33-,34+,35+,36+,37-,38-,39-,40+/m1/s1. The van der Waals surface area contributed by atoms with E-state index in [9.17, 15) is 91.9 Å². The Labute approximate surface area is 412 Å². The van der Waals surface area contributed by atoms with Crippen LogP contribution in [0.2, 0.25) is 0 Å². The number of hydrogen-bond acceptors (Lipinski definition) is 33. The lowest BCUT2D eigenvalue weighted by Crippen LogP contribution is -2.65. The van der Waals surface area contributed by atoms with Crippen molar-refractivity contribution in [2.24, 2.45) is 0 Å². The molecule has 424 valence electrons. The van der Waals surface area contributed by atoms with Crippen LogP contribution in [0.5, 0.6) is 0 Å². The molecule has 0 spiro atoms. The molecule has 8 aliphatic heterocycles. The van der Waals surface area contributed by atoms with Crippen molar-refractivity contribution in [3.63, 3.8) is 0 Å². The first-order valence-corrected chi connectivity index (χ1v) is 23.4. The van der Waals surface area contributed by atoms with Gasteiger partial charge in [-0.3, -0.25) is 0 Å². The normalized spacial score (nSPS) is 54.0. The average Bonchev–Trinajstić information content (AvgIpc) is 3.93. The fourth-order valence-corrected chi connectivity index (χ4v) is 9.34. The molecule has 0 unspecified atom stereocenters. The second kappa shape index (κ2) is 24.8. The molecule has 32 atom stereocenters. The van der Waals surface area contributed by atoms with E-state index in [0.717, 1.165) is 0 Å². The minimum absolute atomic E-state index is 0.446. The van der Waals surface area contributed by atoms with Gasteiger partial charge in [-0.2, -0.15) is 0 Å². The first kappa shape index (κ1) is 57.8. The molecule has 8 rings (SSSR count). The van der Waals surface area contributed by atoms with E-state index in [0.29, 0.717) is 0 Å². The number of rotatable bonds is 17. The van der Waals surface area contributed by atoms with Gasteiger partial charge in [-0.25, -0.2) is 0 Å². The Morgan fingerprint density at radius 1 is 0.274 bits per heavy atom. The van der Waals surface area contributed by atoms with E-state index in [2.05, 4.69) is 0 Å². The lowest BCUT2D eigenvalue weighted by atomic mass is 10.0. The Hall–Kier alpha value is -1.32. The highest BCUT2D eigenvalue weighted by Crippen LogP contribution is 2.38. The van der Waals surface area contributed by atoms with Crippen molar-refractivity contribution in [1.29, 1.82) is 0 Å². The maximum atomic E-state index is 12.0. The third kappa shape index (κ3) is 12.1. The highest BCUT2D eigenvalue weighted by molar-refractivity contribution is 4.98. The molecule has 33 heteroatoms. The van der Waals surface area contributed by atoms with E-state index in [4.69, 9.17) is 71.1 Å². The highest BCUT2D eigenvalue weighted by Gasteiger charge is 2.57. The van der Waals surface area contributed by atoms with Crippen molar-refractivity contribution in [2.75, 3.05) is 52.9 Å². The van der Waals surface area contributed by atoms with Crippen LogP contribution >= 0.6 is 0 Å². The minimum Gasteiger partial charge on any atom is -0.394 e. The lowest BCUT2D eigenvalue weighted by molar-refractivity contribution is -0.389. The number of hydrogen-bond donors (Lipinski definition) is 18. The van der Waals surface area contributed by atoms with Crippen LogP contribution in [0.4, 0.5) is 0 Å². The summed E-state index contributed by atoms with van der Waals surface area (Å²) in [6, 6.07) is 0. The summed E-state index contributed by atoms with van der Waals surface area (Å²) in [6.07, 6.45) is -55.7. The Kier molecular flexibility index (Phi) is 19.6. The quantitative estimate of drug-likeness (QED) is 0.0643. The summed E-state index contributed by atoms with van der Waals surface area (Å²) in [5, 5.41) is 190. The van der Waals surface area contributed by atoms with Gasteiger partial charge in [-0.05, 0) is 0 Å². The zero-order valence-corrected chi connectivity index (χ0v) is 38.3. The minimum atomic E-state index is -2.07. The summed E-state index contributed by atoms with van der Waals surface area (Å²) in [4.78, 5) is 0. The van der Waals surface area contributed by atoms with Crippen molar-refractivity contribution >= 4 is 0 Å². The molecule has 73 heavy (non-hydrogen) atoms. The first-order chi connectivity index (χ1) is 34.8. The third-order valence-electron chi connectivity index (χ3n) is 13.7. The van der Waals surface area contributed by atoms with Gasteiger partial charge in [0.2, 0.25) is 0 Å². The Balaban J connectivity index is 1.05. The van der Waals surface area contributed by atoms with Crippen LogP contribution in [-0.2, 0) is 71.1 Å². The maximum absolute atomic E-state index is 12.0. The Morgan fingerprint density at radius 2 is 0.616 bits per heavy atom. The number of aliphatic hydroxyl groups is 18. The van der Waals surface area contributed by atoms with Crippen LogP contribution < -0.4 is 0 Å². The van der Waals surface area contributed by atoms with Gasteiger partial charge in [0, 0.05) is 0 Å². The van der Waals surface area contributed by atoms with Gasteiger partial charge in [-0.15, -0.1) is 0 Å². The van der Waals surface area contributed by atoms with Gasteiger partial charge in [0.25, 0.3) is 0 Å². The molecule has 0 radical (unpaired) electrons. The van der Waals surface area contributed by atoms with E-state index >= 15 is 0 Å². The third-order valence-corrected chi connectivity index (χ3v) is 13.7. The molecule has 0 aromatic heterocycles. The molecule has 18 N–H and O–H groups in total. The molecule has 0 saturated carbocycles. The van der Waals surface area contributed by atoms with Crippen molar-refractivity contribution in [3.05, 3.63) is 0 Å². The number of ether oxygens (including phenoxy) is 15. The second-order valence-electron chi connectivity index (χ2n) is 18.7. The predicted molar refractivity (Wildman–Crippen MR) is 216 cm³/mol. The van der Waals surface area contributed by atoms with Crippen molar-refractivity contribution < 1.29 is 163 Å². The lowest BCUT2D eigenvalue weighted by Gasteiger charge is -2.48. The molecular formula is C40H66O33. The summed E-state index contributed by atoms with van der Waals surface area (Å²) in [7, 11) is 0. The predicted octanol–water partition coefficient (Wildman–Crippen LogP) is -13.3. The van der Waals surface area contributed by atoms with E-state index in [1.165, 1.54) is 0 Å². The fraction of sp³-hybridized carbons (Fsp3) is 1.00. The van der Waals surface area contributed by atoms with Gasteiger partial charge in [0.05, 0.1) is 52.9 Å². The topological polar surface area (TPSA) is 503 Å². The Morgan fingerprint density at radius 3 is 1.11 bits per heavy atom. The molecular weight excluding hydrogens is 1010 g/mol. The van der Waals surface area contributed by atoms with Crippen LogP contribution in [-0.4, -0.2) is 342 Å². The molecule has 8 heterocycles. The fourth-order valence-electron chi connectivity index (χ4n) is 9.34. The molecule has 8 aliphatic rings. The van der Waals surface area contributed by atoms with Gasteiger partial charge in [0.15, 0.2) is 50.3 Å². The SMILES string of the molecule is OC[C@H]1O[C@H](O[C@@H]2[C@@H](O)[C@H](O[C@@H]3CO[C@@H](O[C@@H]4CO[C@@H](O)[C@H](O)[C@H]4O)[C@H](O)[C@H]3O)OC[C@H]2O[C@@H]2OC[C@@H](O[C@@H]3OC[C@@H](O)[C@H](O)[C@H]3O)[C@H](O[C@H]3O[C@H](CO)[C@@H](O)[C@@H]3O)[C@H]2O[C@H]2O[C@H](CO)[C@@H](O)[C@@H]2O)[C@@H](O)[C@@H]1O. The largest absolute Gasteiger partial charge is 0.394 e. The molecule has 0 amide bonds. The maximum Gasteiger partial charge on any atom is 0.187 e. The molecule has 0 aromatic rings. The van der Waals surface area contributed by atoms with E-state index in [1.807, 2.05) is 0 Å². The van der Waals surface area contributed by atoms with Crippen LogP contribution in [0.15, 0.2) is 0 Å². The van der Waals surface area contributed by atoms with Gasteiger partial charge in [0.1, 0.15) is 146 Å². The molecule has 0 bridgehead atoms. The summed E-state index contributed by atoms with van der Waals surface area (Å²) in [5.41, 5.74) is 0. The summed E-state index contributed by atoms with van der Waals surface area (Å²) in [6.45, 7) is -5.38. The summed E-state index contributed by atoms with van der Waals surface area (Å²) < 4.78 is 86.6. The molecule has 0 aliphatic carbocycles. The highest BCUT2D eigenvalue weighted by atomic mass is 16.8. The summed E-state index contributed by atoms with van der Waals surface area (Å²) >= 11 is 0. The van der Waals surface area contributed by atoms with Crippen LogP contribution in [0.1, 0.15) is 0 Å². The Bertz CT molecular complexity index is 1710. The van der Waals surface area contributed by atoms with Crippen molar-refractivity contribution in [2.45, 2.75) is 197 Å². The van der Waals surface area contributed by atoms with Gasteiger partial charge in [-0.1, -0.05) is 0 Å². The van der Waals surface area contributed by atoms with Crippen molar-refractivity contribution in [3.8, 4) is 0 Å². The first-order valence-electron chi connectivity index (χ1n) is 23.4. The smallest absolute Gasteiger partial charge is 0.187 e. The average molecular weight is 1070 g/mol. The monoisotopic (exact) mass is 1070 g/mol. The van der Waals surface area contributed by atoms with E-state index in [1.54, 1.807) is 0 Å². The van der Waals surface area contributed by atoms with Gasteiger partial charge >= 0.3 is 0 Å². The zero-order valence-electron chi connectivity index (χ0n) is 38.3. The molecule has 8 fully saturated rings. The molecule has 8 saturated heterocycles. The second-order valence-corrected chi connectivity index (χ2v) is 18.7. The van der Waals surface area contributed by atoms with Gasteiger partial charge < -0.3 is 163 Å². The molecule has 33 nitrogen and oxygen atoms in total. The zero-order chi connectivity index (χ0) is 52.7. The van der Waals surface area contributed by atoms with E-state index in [-0.39, 0.29) is 0 Å². The molecule has 0 aromatic carbocycles.